The number of hydrogen-bond acceptors (Lipinski definition) is 7. The van der Waals surface area contributed by atoms with Gasteiger partial charge in [-0.25, -0.2) is 4.79 Å². The fourth-order valence-electron chi connectivity index (χ4n) is 3.95. The zero-order chi connectivity index (χ0) is 23.0. The van der Waals surface area contributed by atoms with Gasteiger partial charge in [-0.15, -0.1) is 22.7 Å². The first-order valence-corrected chi connectivity index (χ1v) is 12.1. The number of esters is 1. The third kappa shape index (κ3) is 3.79. The van der Waals surface area contributed by atoms with E-state index in [0.717, 1.165) is 33.1 Å². The predicted molar refractivity (Wildman–Crippen MR) is 129 cm³/mol. The predicted octanol–water partition coefficient (Wildman–Crippen LogP) is 5.86. The van der Waals surface area contributed by atoms with Gasteiger partial charge < -0.3 is 10.1 Å². The number of nitrogens with one attached hydrogen (secondary N) is 1. The van der Waals surface area contributed by atoms with Gasteiger partial charge in [0.25, 0.3) is 0 Å². The van der Waals surface area contributed by atoms with Crippen LogP contribution in [0.1, 0.15) is 48.1 Å². The number of rotatable bonds is 5. The number of ether oxygens (including phenoxy) is 1. The maximum atomic E-state index is 13.1. The van der Waals surface area contributed by atoms with E-state index in [9.17, 15) is 9.59 Å². The summed E-state index contributed by atoms with van der Waals surface area (Å²) in [7, 11) is 0. The van der Waals surface area contributed by atoms with Crippen LogP contribution in [0.2, 0.25) is 0 Å². The number of aromatic nitrogens is 1. The van der Waals surface area contributed by atoms with Gasteiger partial charge in [-0.1, -0.05) is 32.0 Å². The molecular weight excluding hydrogens is 462 g/mol. The van der Waals surface area contributed by atoms with E-state index in [1.807, 2.05) is 36.4 Å². The molecule has 1 aliphatic rings. The van der Waals surface area contributed by atoms with Crippen molar-refractivity contribution in [2.75, 3.05) is 11.9 Å². The van der Waals surface area contributed by atoms with Crippen molar-refractivity contribution in [3.8, 4) is 22.2 Å². The molecule has 164 valence electrons. The smallest absolute Gasteiger partial charge is 0.341 e. The molecule has 9 heteroatoms. The lowest BCUT2D eigenvalue weighted by Crippen LogP contribution is -2.26. The van der Waals surface area contributed by atoms with Crippen molar-refractivity contribution in [3.63, 3.8) is 0 Å². The van der Waals surface area contributed by atoms with Crippen molar-refractivity contribution < 1.29 is 14.3 Å². The highest BCUT2D eigenvalue weighted by molar-refractivity contribution is 7.73. The molecule has 3 aromatic rings. The lowest BCUT2D eigenvalue weighted by molar-refractivity contribution is -0.115. The molecule has 0 spiro atoms. The maximum Gasteiger partial charge on any atom is 0.341 e. The zero-order valence-corrected chi connectivity index (χ0v) is 20.3. The normalized spacial score (nSPS) is 13.6. The van der Waals surface area contributed by atoms with E-state index in [1.165, 1.54) is 22.7 Å². The average Bonchev–Trinajstić information content (AvgIpc) is 3.26. The van der Waals surface area contributed by atoms with E-state index in [-0.39, 0.29) is 18.4 Å². The molecule has 1 N–H and O–H groups in total. The maximum absolute atomic E-state index is 13.1. The summed E-state index contributed by atoms with van der Waals surface area (Å²) in [6.45, 7) is 6.20. The monoisotopic (exact) mass is 483 g/mol. The molecule has 0 saturated carbocycles. The summed E-state index contributed by atoms with van der Waals surface area (Å²) < 4.78 is 8.13. The van der Waals surface area contributed by atoms with Crippen molar-refractivity contribution in [2.24, 2.45) is 0 Å². The fourth-order valence-corrected chi connectivity index (χ4v) is 6.86. The molecule has 0 radical (unpaired) electrons. The van der Waals surface area contributed by atoms with Crippen molar-refractivity contribution in [2.45, 2.75) is 39.0 Å². The van der Waals surface area contributed by atoms with Gasteiger partial charge in [0.05, 0.1) is 17.6 Å². The molecule has 0 saturated heterocycles. The van der Waals surface area contributed by atoms with E-state index < -0.39 is 11.9 Å². The Morgan fingerprint density at radius 1 is 1.28 bits per heavy atom. The minimum absolute atomic E-state index is 0.214. The highest BCUT2D eigenvalue weighted by atomic mass is 32.1. The summed E-state index contributed by atoms with van der Waals surface area (Å²) in [5, 5.41) is 12.1. The number of carbonyl (C=O) groups is 2. The second-order valence-corrected chi connectivity index (χ2v) is 10.7. The van der Waals surface area contributed by atoms with E-state index >= 15 is 0 Å². The Labute approximate surface area is 199 Å². The van der Waals surface area contributed by atoms with Gasteiger partial charge in [-0.05, 0) is 37.7 Å². The summed E-state index contributed by atoms with van der Waals surface area (Å²) in [5.74, 6) is -0.948. The number of fused-ring (bicyclic) bond motifs is 3. The summed E-state index contributed by atoms with van der Waals surface area (Å²) in [6.07, 6.45) is 0.439. The van der Waals surface area contributed by atoms with Gasteiger partial charge in [-0.3, -0.25) is 9.36 Å². The SMILES string of the molecule is CCOC(=O)c1c(NC(=O)CC#N)sc2c1-c1sc(=S)n(-c3ccccc3)c1CC2(C)C. The molecule has 0 fully saturated rings. The van der Waals surface area contributed by atoms with Crippen LogP contribution in [-0.2, 0) is 21.4 Å². The Balaban J connectivity index is 1.99. The molecule has 0 atom stereocenters. The van der Waals surface area contributed by atoms with E-state index in [2.05, 4.69) is 23.7 Å². The second kappa shape index (κ2) is 8.62. The number of benzene rings is 1. The van der Waals surface area contributed by atoms with Gasteiger partial charge in [0.15, 0.2) is 3.95 Å². The van der Waals surface area contributed by atoms with Crippen LogP contribution in [-0.4, -0.2) is 23.1 Å². The number of amides is 1. The first-order chi connectivity index (χ1) is 15.3. The van der Waals surface area contributed by atoms with E-state index in [4.69, 9.17) is 22.2 Å². The average molecular weight is 484 g/mol. The van der Waals surface area contributed by atoms with Gasteiger partial charge in [0.2, 0.25) is 5.91 Å². The van der Waals surface area contributed by atoms with Crippen LogP contribution in [0.4, 0.5) is 5.00 Å². The molecule has 0 bridgehead atoms. The summed E-state index contributed by atoms with van der Waals surface area (Å²) in [6, 6.07) is 11.8. The minimum atomic E-state index is -0.494. The van der Waals surface area contributed by atoms with Crippen molar-refractivity contribution >= 4 is 51.8 Å². The lowest BCUT2D eigenvalue weighted by atomic mass is 9.78. The Hall–Kier alpha value is -2.80. The number of carbonyl (C=O) groups excluding carboxylic acids is 2. The van der Waals surface area contributed by atoms with Gasteiger partial charge in [-0.2, -0.15) is 5.26 Å². The molecule has 1 aromatic carbocycles. The second-order valence-electron chi connectivity index (χ2n) is 7.99. The topological polar surface area (TPSA) is 84.1 Å². The summed E-state index contributed by atoms with van der Waals surface area (Å²) in [5.41, 5.74) is 2.83. The summed E-state index contributed by atoms with van der Waals surface area (Å²) >= 11 is 8.57. The Morgan fingerprint density at radius 3 is 2.66 bits per heavy atom. The molecule has 2 heterocycles. The van der Waals surface area contributed by atoms with Crippen LogP contribution in [0.15, 0.2) is 30.3 Å². The zero-order valence-electron chi connectivity index (χ0n) is 17.9. The Morgan fingerprint density at radius 2 is 2.00 bits per heavy atom. The van der Waals surface area contributed by atoms with E-state index in [1.54, 1.807) is 6.92 Å². The van der Waals surface area contributed by atoms with Gasteiger partial charge >= 0.3 is 5.97 Å². The number of para-hydroxylation sites is 1. The lowest BCUT2D eigenvalue weighted by Gasteiger charge is -2.30. The molecule has 32 heavy (non-hydrogen) atoms. The number of anilines is 1. The molecule has 2 aromatic heterocycles. The number of nitrogens with zero attached hydrogens (tertiary/aromatic N) is 2. The molecule has 4 rings (SSSR count). The molecule has 1 aliphatic carbocycles. The number of thiazole rings is 1. The van der Waals surface area contributed by atoms with Crippen molar-refractivity contribution in [3.05, 3.63) is 50.4 Å². The molecule has 6 nitrogen and oxygen atoms in total. The largest absolute Gasteiger partial charge is 0.462 e. The quantitative estimate of drug-likeness (QED) is 0.363. The Kier molecular flexibility index (Phi) is 6.03. The molecule has 0 aliphatic heterocycles. The fraction of sp³-hybridized carbons (Fsp3) is 0.304. The van der Waals surface area contributed by atoms with E-state index in [0.29, 0.717) is 14.5 Å². The third-order valence-corrected chi connectivity index (χ3v) is 8.15. The molecular formula is C23H21N3O3S3. The van der Waals surface area contributed by atoms with Crippen LogP contribution >= 0.6 is 34.9 Å². The van der Waals surface area contributed by atoms with Gasteiger partial charge in [0, 0.05) is 27.2 Å². The molecule has 0 unspecified atom stereocenters. The van der Waals surface area contributed by atoms with Crippen LogP contribution in [0.25, 0.3) is 16.1 Å². The van der Waals surface area contributed by atoms with Crippen LogP contribution < -0.4 is 5.32 Å². The van der Waals surface area contributed by atoms with Crippen LogP contribution in [0, 0.1) is 15.3 Å². The number of nitriles is 1. The van der Waals surface area contributed by atoms with Crippen molar-refractivity contribution in [1.82, 2.24) is 4.57 Å². The first-order valence-electron chi connectivity index (χ1n) is 10.1. The minimum Gasteiger partial charge on any atom is -0.462 e. The highest BCUT2D eigenvalue weighted by Crippen LogP contribution is 2.54. The Bertz CT molecular complexity index is 1310. The standard InChI is InChI=1S/C23H21N3O3S3/c1-4-29-21(28)17-16-18-14(26(22(30)31-18)13-8-6-5-7-9-13)12-23(2,3)19(16)32-20(17)25-15(27)10-11-24/h5-9H,4,10,12H2,1-3H3,(H,25,27). The number of hydrogen-bond donors (Lipinski definition) is 1. The van der Waals surface area contributed by atoms with Crippen molar-refractivity contribution in [1.29, 1.82) is 5.26 Å². The first kappa shape index (κ1) is 22.4. The summed E-state index contributed by atoms with van der Waals surface area (Å²) in [4.78, 5) is 27.2. The third-order valence-electron chi connectivity index (χ3n) is 5.25. The van der Waals surface area contributed by atoms with Gasteiger partial charge in [0.1, 0.15) is 17.0 Å². The van der Waals surface area contributed by atoms with Crippen LogP contribution in [0.5, 0.6) is 0 Å². The van der Waals surface area contributed by atoms with Crippen LogP contribution in [0.3, 0.4) is 0 Å². The number of thiophene rings is 1. The molecule has 1 amide bonds. The highest BCUT2D eigenvalue weighted by Gasteiger charge is 2.41.